The molecule has 3 rings (SSSR count). The summed E-state index contributed by atoms with van der Waals surface area (Å²) in [4.78, 5) is 25.8. The molecular weight excluding hydrogens is 254 g/mol. The minimum Gasteiger partial charge on any atom is -0.368 e. The number of rotatable bonds is 1. The smallest absolute Gasteiger partial charge is 0.227 e. The zero-order chi connectivity index (χ0) is 14.3. The molecule has 6 nitrogen and oxygen atoms in total. The Balaban J connectivity index is 2.07. The predicted octanol–water partition coefficient (Wildman–Crippen LogP) is 1.34. The number of aromatic nitrogens is 3. The molecule has 0 unspecified atom stereocenters. The zero-order valence-corrected chi connectivity index (χ0v) is 11.4. The zero-order valence-electron chi connectivity index (χ0n) is 11.4. The summed E-state index contributed by atoms with van der Waals surface area (Å²) >= 11 is 0. The maximum absolute atomic E-state index is 11.7. The molecule has 1 amide bonds. The monoisotopic (exact) mass is 269 g/mol. The van der Waals surface area contributed by atoms with Crippen LogP contribution in [0.1, 0.15) is 17.8 Å². The normalized spacial score (nSPS) is 14.3. The third-order valence-corrected chi connectivity index (χ3v) is 3.45. The fourth-order valence-electron chi connectivity index (χ4n) is 2.43. The molecule has 1 aromatic heterocycles. The first-order valence-electron chi connectivity index (χ1n) is 6.42. The molecule has 1 aliphatic rings. The molecule has 0 spiro atoms. The number of nitrogens with zero attached hydrogens (tertiary/aromatic N) is 4. The number of benzene rings is 1. The summed E-state index contributed by atoms with van der Waals surface area (Å²) in [6.45, 7) is 1.78. The lowest BCUT2D eigenvalue weighted by Gasteiger charge is -2.26. The van der Waals surface area contributed by atoms with Crippen LogP contribution < -0.4 is 10.6 Å². The van der Waals surface area contributed by atoms with E-state index in [-0.39, 0.29) is 11.9 Å². The van der Waals surface area contributed by atoms with Gasteiger partial charge in [-0.3, -0.25) is 4.79 Å². The lowest BCUT2D eigenvalue weighted by atomic mass is 9.99. The first-order valence-corrected chi connectivity index (χ1v) is 6.42. The van der Waals surface area contributed by atoms with Gasteiger partial charge in [-0.05, 0) is 37.1 Å². The van der Waals surface area contributed by atoms with Gasteiger partial charge in [-0.25, -0.2) is 4.98 Å². The Kier molecular flexibility index (Phi) is 2.85. The van der Waals surface area contributed by atoms with Crippen molar-refractivity contribution >= 4 is 17.5 Å². The number of anilines is 2. The van der Waals surface area contributed by atoms with E-state index in [1.807, 2.05) is 18.2 Å². The Hall–Kier alpha value is -2.50. The molecular formula is C14H15N5O. The van der Waals surface area contributed by atoms with Crippen molar-refractivity contribution in [3.8, 4) is 11.4 Å². The Labute approximate surface area is 116 Å². The molecule has 0 radical (unpaired) electrons. The minimum atomic E-state index is 0.144. The molecule has 2 aromatic rings. The average molecular weight is 269 g/mol. The highest BCUT2D eigenvalue weighted by Gasteiger charge is 2.21. The van der Waals surface area contributed by atoms with Crippen molar-refractivity contribution in [3.63, 3.8) is 0 Å². The number of carbonyl (C=O) groups excluding carboxylic acids is 1. The summed E-state index contributed by atoms with van der Waals surface area (Å²) in [7, 11) is 1.80. The van der Waals surface area contributed by atoms with Gasteiger partial charge in [0.25, 0.3) is 0 Å². The highest BCUT2D eigenvalue weighted by molar-refractivity contribution is 5.96. The van der Waals surface area contributed by atoms with E-state index in [1.165, 1.54) is 0 Å². The van der Waals surface area contributed by atoms with Crippen molar-refractivity contribution in [2.75, 3.05) is 17.7 Å². The van der Waals surface area contributed by atoms with Gasteiger partial charge in [-0.1, -0.05) is 0 Å². The van der Waals surface area contributed by atoms with Crippen molar-refractivity contribution in [3.05, 3.63) is 29.6 Å². The van der Waals surface area contributed by atoms with Gasteiger partial charge in [0, 0.05) is 24.7 Å². The van der Waals surface area contributed by atoms with Crippen LogP contribution in [0.5, 0.6) is 0 Å². The van der Waals surface area contributed by atoms with Crippen LogP contribution in [0.2, 0.25) is 0 Å². The lowest BCUT2D eigenvalue weighted by molar-refractivity contribution is -0.118. The minimum absolute atomic E-state index is 0.144. The largest absolute Gasteiger partial charge is 0.368 e. The van der Waals surface area contributed by atoms with Gasteiger partial charge in [0.15, 0.2) is 5.82 Å². The Morgan fingerprint density at radius 3 is 2.75 bits per heavy atom. The van der Waals surface area contributed by atoms with Crippen molar-refractivity contribution in [1.29, 1.82) is 0 Å². The highest BCUT2D eigenvalue weighted by atomic mass is 16.2. The lowest BCUT2D eigenvalue weighted by Crippen LogP contribution is -2.31. The van der Waals surface area contributed by atoms with Crippen molar-refractivity contribution < 1.29 is 4.79 Å². The van der Waals surface area contributed by atoms with Gasteiger partial charge in [0.2, 0.25) is 11.9 Å². The van der Waals surface area contributed by atoms with Gasteiger partial charge >= 0.3 is 0 Å². The van der Waals surface area contributed by atoms with Crippen molar-refractivity contribution in [1.82, 2.24) is 15.0 Å². The van der Waals surface area contributed by atoms with Gasteiger partial charge in [0.05, 0.1) is 0 Å². The van der Waals surface area contributed by atoms with Crippen LogP contribution >= 0.6 is 0 Å². The molecule has 0 bridgehead atoms. The molecule has 0 saturated carbocycles. The van der Waals surface area contributed by atoms with Crippen LogP contribution in [0.3, 0.4) is 0 Å². The molecule has 0 aliphatic carbocycles. The van der Waals surface area contributed by atoms with E-state index in [2.05, 4.69) is 15.0 Å². The van der Waals surface area contributed by atoms with Crippen LogP contribution in [0.4, 0.5) is 11.6 Å². The third kappa shape index (κ3) is 2.09. The van der Waals surface area contributed by atoms with E-state index in [9.17, 15) is 4.79 Å². The van der Waals surface area contributed by atoms with Crippen LogP contribution in [0.25, 0.3) is 11.4 Å². The number of aryl methyl sites for hydroxylation is 2. The van der Waals surface area contributed by atoms with Crippen molar-refractivity contribution in [2.24, 2.45) is 0 Å². The van der Waals surface area contributed by atoms with Crippen LogP contribution in [-0.4, -0.2) is 27.9 Å². The Bertz CT molecular complexity index is 678. The van der Waals surface area contributed by atoms with Crippen molar-refractivity contribution in [2.45, 2.75) is 19.8 Å². The van der Waals surface area contributed by atoms with E-state index >= 15 is 0 Å². The fraction of sp³-hybridized carbons (Fsp3) is 0.286. The standard InChI is InChI=1S/C14H15N5O/c1-8-16-13(18-14(15)17-8)10-3-5-11-9(7-10)4-6-12(20)19(11)2/h3,5,7H,4,6H2,1-2H3,(H2,15,16,17,18). The van der Waals surface area contributed by atoms with E-state index in [4.69, 9.17) is 5.73 Å². The molecule has 1 aliphatic heterocycles. The Morgan fingerprint density at radius 2 is 2.00 bits per heavy atom. The summed E-state index contributed by atoms with van der Waals surface area (Å²) in [5.41, 5.74) is 8.63. The molecule has 0 fully saturated rings. The van der Waals surface area contributed by atoms with E-state index in [0.717, 1.165) is 23.2 Å². The number of nitrogen functional groups attached to an aromatic ring is 1. The molecule has 2 N–H and O–H groups in total. The van der Waals surface area contributed by atoms with Gasteiger partial charge in [-0.15, -0.1) is 0 Å². The number of fused-ring (bicyclic) bond motifs is 1. The Morgan fingerprint density at radius 1 is 1.20 bits per heavy atom. The van der Waals surface area contributed by atoms with E-state index in [1.54, 1.807) is 18.9 Å². The maximum Gasteiger partial charge on any atom is 0.227 e. The summed E-state index contributed by atoms with van der Waals surface area (Å²) < 4.78 is 0. The van der Waals surface area contributed by atoms with Crippen LogP contribution in [0, 0.1) is 6.92 Å². The molecule has 0 atom stereocenters. The highest BCUT2D eigenvalue weighted by Crippen LogP contribution is 2.30. The number of carbonyl (C=O) groups is 1. The molecule has 102 valence electrons. The van der Waals surface area contributed by atoms with E-state index < -0.39 is 0 Å². The van der Waals surface area contributed by atoms with Gasteiger partial charge in [-0.2, -0.15) is 9.97 Å². The fourth-order valence-corrected chi connectivity index (χ4v) is 2.43. The molecule has 2 heterocycles. The first-order chi connectivity index (χ1) is 9.54. The summed E-state index contributed by atoms with van der Waals surface area (Å²) in [6, 6.07) is 5.85. The number of hydrogen-bond donors (Lipinski definition) is 1. The topological polar surface area (TPSA) is 85.0 Å². The molecule has 0 saturated heterocycles. The van der Waals surface area contributed by atoms with Crippen LogP contribution in [-0.2, 0) is 11.2 Å². The first kappa shape index (κ1) is 12.5. The van der Waals surface area contributed by atoms with E-state index in [0.29, 0.717) is 18.1 Å². The second-order valence-electron chi connectivity index (χ2n) is 4.86. The predicted molar refractivity (Wildman–Crippen MR) is 76.1 cm³/mol. The van der Waals surface area contributed by atoms with Gasteiger partial charge in [0.1, 0.15) is 5.82 Å². The second-order valence-corrected chi connectivity index (χ2v) is 4.86. The summed E-state index contributed by atoms with van der Waals surface area (Å²) in [5, 5.41) is 0. The molecule has 6 heteroatoms. The third-order valence-electron chi connectivity index (χ3n) is 3.45. The average Bonchev–Trinajstić information content (AvgIpc) is 2.41. The SMILES string of the molecule is Cc1nc(N)nc(-c2ccc3c(c2)CCC(=O)N3C)n1. The summed E-state index contributed by atoms with van der Waals surface area (Å²) in [6.07, 6.45) is 1.28. The second kappa shape index (κ2) is 4.56. The molecule has 1 aromatic carbocycles. The number of nitrogens with two attached hydrogens (primary N) is 1. The quantitative estimate of drug-likeness (QED) is 0.844. The maximum atomic E-state index is 11.7. The van der Waals surface area contributed by atoms with Gasteiger partial charge < -0.3 is 10.6 Å². The number of hydrogen-bond acceptors (Lipinski definition) is 5. The number of amides is 1. The summed E-state index contributed by atoms with van der Waals surface area (Å²) in [5.74, 6) is 1.53. The molecule has 20 heavy (non-hydrogen) atoms. The van der Waals surface area contributed by atoms with Crippen LogP contribution in [0.15, 0.2) is 18.2 Å².